The highest BCUT2D eigenvalue weighted by atomic mass is 32.2. The van der Waals surface area contributed by atoms with Crippen LogP contribution in [-0.2, 0) is 22.6 Å². The van der Waals surface area contributed by atoms with Gasteiger partial charge in [0, 0.05) is 17.4 Å². The van der Waals surface area contributed by atoms with Gasteiger partial charge in [0.1, 0.15) is 5.69 Å². The van der Waals surface area contributed by atoms with Crippen LogP contribution in [0.4, 0.5) is 17.6 Å². The smallest absolute Gasteiger partial charge is 0.433 e. The van der Waals surface area contributed by atoms with Gasteiger partial charge in [0.2, 0.25) is 0 Å². The molecule has 164 valence electrons. The zero-order valence-electron chi connectivity index (χ0n) is 16.6. The van der Waals surface area contributed by atoms with E-state index in [4.69, 9.17) is 4.74 Å². The lowest BCUT2D eigenvalue weighted by atomic mass is 9.98. The van der Waals surface area contributed by atoms with Crippen molar-refractivity contribution in [2.24, 2.45) is 0 Å². The first kappa shape index (κ1) is 22.5. The number of rotatable bonds is 6. The Morgan fingerprint density at radius 2 is 1.74 bits per heavy atom. The summed E-state index contributed by atoms with van der Waals surface area (Å²) >= 11 is 0. The van der Waals surface area contributed by atoms with Crippen LogP contribution in [0.2, 0.25) is 0 Å². The van der Waals surface area contributed by atoms with Crippen LogP contribution in [0.1, 0.15) is 5.69 Å². The molecule has 0 spiro atoms. The molecule has 0 bridgehead atoms. The van der Waals surface area contributed by atoms with Gasteiger partial charge in [0.15, 0.2) is 27.1 Å². The Balaban J connectivity index is 2.33. The van der Waals surface area contributed by atoms with Gasteiger partial charge in [-0.3, -0.25) is 4.68 Å². The molecule has 0 saturated carbocycles. The number of hydrogen-bond acceptors (Lipinski definition) is 4. The van der Waals surface area contributed by atoms with Crippen molar-refractivity contribution in [3.8, 4) is 28.1 Å². The molecule has 0 saturated heterocycles. The summed E-state index contributed by atoms with van der Waals surface area (Å²) < 4.78 is 85.4. The highest BCUT2D eigenvalue weighted by molar-refractivity contribution is 7.90. The summed E-state index contributed by atoms with van der Waals surface area (Å²) in [5, 5.41) is 4.10. The number of benzene rings is 2. The largest absolute Gasteiger partial charge is 0.494 e. The van der Waals surface area contributed by atoms with Gasteiger partial charge in [-0.25, -0.2) is 12.8 Å². The number of methoxy groups -OCH3 is 1. The molecule has 31 heavy (non-hydrogen) atoms. The molecule has 5 nitrogen and oxygen atoms in total. The molecule has 3 aromatic rings. The summed E-state index contributed by atoms with van der Waals surface area (Å²) in [6, 6.07) is 8.76. The predicted molar refractivity (Wildman–Crippen MR) is 108 cm³/mol. The first-order valence-corrected chi connectivity index (χ1v) is 10.8. The molecular weight excluding hydrogens is 436 g/mol. The number of alkyl halides is 3. The second kappa shape index (κ2) is 8.18. The van der Waals surface area contributed by atoms with Crippen molar-refractivity contribution in [3.63, 3.8) is 0 Å². The molecule has 2 aromatic carbocycles. The summed E-state index contributed by atoms with van der Waals surface area (Å²) in [6.07, 6.45) is -2.52. The molecule has 0 aliphatic carbocycles. The minimum Gasteiger partial charge on any atom is -0.494 e. The number of hydrogen-bond donors (Lipinski definition) is 0. The first-order chi connectivity index (χ1) is 14.5. The first-order valence-electron chi connectivity index (χ1n) is 8.90. The van der Waals surface area contributed by atoms with E-state index in [1.807, 2.05) is 0 Å². The molecular formula is C21H18F4N2O3S. The third kappa shape index (κ3) is 4.48. The summed E-state index contributed by atoms with van der Waals surface area (Å²) in [5.41, 5.74) is -1.28. The van der Waals surface area contributed by atoms with Gasteiger partial charge in [-0.05, 0) is 29.8 Å². The van der Waals surface area contributed by atoms with Crippen LogP contribution >= 0.6 is 0 Å². The fraction of sp³-hybridized carbons (Fsp3) is 0.190. The Bertz CT molecular complexity index is 1230. The van der Waals surface area contributed by atoms with Crippen LogP contribution in [0.15, 0.2) is 60.0 Å². The fourth-order valence-corrected chi connectivity index (χ4v) is 3.79. The average Bonchev–Trinajstić information content (AvgIpc) is 3.07. The second-order valence-electron chi connectivity index (χ2n) is 6.69. The Kier molecular flexibility index (Phi) is 5.95. The van der Waals surface area contributed by atoms with Crippen LogP contribution in [0, 0.1) is 5.82 Å². The third-order valence-electron chi connectivity index (χ3n) is 4.52. The standard InChI is InChI=1S/C21H18F4N2O3S/c1-4-11-27-20(21(23,24)25)18(14-7-10-17(30-2)16(22)12-14)19(26-27)13-5-8-15(9-6-13)31(3,28)29/h4-10,12H,1,11H2,2-3H3. The summed E-state index contributed by atoms with van der Waals surface area (Å²) in [6.45, 7) is 3.23. The molecule has 10 heteroatoms. The number of aromatic nitrogens is 2. The van der Waals surface area contributed by atoms with E-state index in [0.717, 1.165) is 17.0 Å². The Morgan fingerprint density at radius 1 is 1.13 bits per heavy atom. The Hall–Kier alpha value is -3.14. The van der Waals surface area contributed by atoms with Gasteiger partial charge in [-0.1, -0.05) is 24.3 Å². The van der Waals surface area contributed by atoms with E-state index in [0.29, 0.717) is 0 Å². The van der Waals surface area contributed by atoms with Crippen LogP contribution in [0.5, 0.6) is 5.75 Å². The highest BCUT2D eigenvalue weighted by Gasteiger charge is 2.40. The van der Waals surface area contributed by atoms with E-state index in [1.54, 1.807) is 0 Å². The lowest BCUT2D eigenvalue weighted by Crippen LogP contribution is -2.15. The number of nitrogens with zero attached hydrogens (tertiary/aromatic N) is 2. The maximum Gasteiger partial charge on any atom is 0.433 e. The van der Waals surface area contributed by atoms with E-state index in [1.165, 1.54) is 49.6 Å². The Morgan fingerprint density at radius 3 is 2.23 bits per heavy atom. The number of allylic oxidation sites excluding steroid dienone is 1. The lowest BCUT2D eigenvalue weighted by Gasteiger charge is -2.13. The molecule has 1 heterocycles. The zero-order valence-corrected chi connectivity index (χ0v) is 17.4. The van der Waals surface area contributed by atoms with Crippen molar-refractivity contribution in [2.45, 2.75) is 17.6 Å². The molecule has 0 unspecified atom stereocenters. The fourth-order valence-electron chi connectivity index (χ4n) is 3.16. The molecule has 0 atom stereocenters. The van der Waals surface area contributed by atoms with Crippen molar-refractivity contribution in [2.75, 3.05) is 13.4 Å². The minimum atomic E-state index is -4.80. The van der Waals surface area contributed by atoms with E-state index < -0.39 is 27.5 Å². The average molecular weight is 454 g/mol. The summed E-state index contributed by atoms with van der Waals surface area (Å²) in [7, 11) is -2.25. The summed E-state index contributed by atoms with van der Waals surface area (Å²) in [4.78, 5) is 0.00913. The second-order valence-corrected chi connectivity index (χ2v) is 8.70. The van der Waals surface area contributed by atoms with Gasteiger partial charge in [0.25, 0.3) is 0 Å². The van der Waals surface area contributed by atoms with Gasteiger partial charge in [-0.15, -0.1) is 6.58 Å². The maximum absolute atomic E-state index is 14.3. The number of sulfone groups is 1. The van der Waals surface area contributed by atoms with E-state index in [2.05, 4.69) is 11.7 Å². The van der Waals surface area contributed by atoms with Crippen molar-refractivity contribution in [1.29, 1.82) is 0 Å². The zero-order chi connectivity index (χ0) is 23.0. The van der Waals surface area contributed by atoms with Crippen molar-refractivity contribution in [1.82, 2.24) is 9.78 Å². The van der Waals surface area contributed by atoms with Crippen molar-refractivity contribution < 1.29 is 30.7 Å². The number of halogens is 4. The Labute approximate surface area is 176 Å². The molecule has 0 amide bonds. The van der Waals surface area contributed by atoms with Crippen LogP contribution < -0.4 is 4.74 Å². The number of ether oxygens (including phenoxy) is 1. The highest BCUT2D eigenvalue weighted by Crippen LogP contribution is 2.43. The van der Waals surface area contributed by atoms with Gasteiger partial charge < -0.3 is 4.74 Å². The molecule has 3 rings (SSSR count). The predicted octanol–water partition coefficient (Wildman–Crippen LogP) is 4.97. The molecule has 0 aliphatic rings. The molecule has 1 aromatic heterocycles. The van der Waals surface area contributed by atoms with Crippen LogP contribution in [0.25, 0.3) is 22.4 Å². The lowest BCUT2D eigenvalue weighted by molar-refractivity contribution is -0.143. The third-order valence-corrected chi connectivity index (χ3v) is 5.65. The van der Waals surface area contributed by atoms with Crippen molar-refractivity contribution >= 4 is 9.84 Å². The van der Waals surface area contributed by atoms with Crippen LogP contribution in [0.3, 0.4) is 0 Å². The van der Waals surface area contributed by atoms with Crippen LogP contribution in [-0.4, -0.2) is 31.6 Å². The minimum absolute atomic E-state index is 0.00913. The van der Waals surface area contributed by atoms with Gasteiger partial charge in [-0.2, -0.15) is 18.3 Å². The monoisotopic (exact) mass is 454 g/mol. The van der Waals surface area contributed by atoms with Crippen molar-refractivity contribution in [3.05, 3.63) is 66.6 Å². The van der Waals surface area contributed by atoms with E-state index in [-0.39, 0.29) is 39.6 Å². The SMILES string of the molecule is C=CCn1nc(-c2ccc(S(C)(=O)=O)cc2)c(-c2ccc(OC)c(F)c2)c1C(F)(F)F. The van der Waals surface area contributed by atoms with Gasteiger partial charge >= 0.3 is 6.18 Å². The topological polar surface area (TPSA) is 61.2 Å². The van der Waals surface area contributed by atoms with Gasteiger partial charge in [0.05, 0.1) is 18.6 Å². The molecule has 0 aliphatic heterocycles. The van der Waals surface area contributed by atoms with E-state index >= 15 is 0 Å². The normalized spacial score (nSPS) is 12.1. The van der Waals surface area contributed by atoms with E-state index in [9.17, 15) is 26.0 Å². The quantitative estimate of drug-likeness (QED) is 0.390. The molecule has 0 N–H and O–H groups in total. The maximum atomic E-state index is 14.3. The molecule has 0 fully saturated rings. The molecule has 0 radical (unpaired) electrons. The summed E-state index contributed by atoms with van der Waals surface area (Å²) in [5.74, 6) is -0.946.